The summed E-state index contributed by atoms with van der Waals surface area (Å²) in [5, 5.41) is 1.87. The lowest BCUT2D eigenvalue weighted by molar-refractivity contribution is -0.147. The van der Waals surface area contributed by atoms with E-state index in [1.54, 1.807) is 0 Å². The number of methoxy groups -OCH3 is 1. The van der Waals surface area contributed by atoms with Gasteiger partial charge >= 0.3 is 5.97 Å². The molecule has 1 aliphatic heterocycles. The summed E-state index contributed by atoms with van der Waals surface area (Å²) in [6.45, 7) is 2.10. The maximum atomic E-state index is 11.9. The summed E-state index contributed by atoms with van der Waals surface area (Å²) >= 11 is 1.39. The second-order valence-electron chi connectivity index (χ2n) is 5.25. The summed E-state index contributed by atoms with van der Waals surface area (Å²) in [6, 6.07) is 1.85. The normalized spacial score (nSPS) is 19.8. The lowest BCUT2D eigenvalue weighted by Crippen LogP contribution is -2.39. The number of ether oxygens (including phenoxy) is 1. The first-order chi connectivity index (χ1) is 10.2. The standard InChI is InChI=1S/C14H17N3O3S/c1-20-14(19)9-3-2-5-17(7-9)8-11-15-10-4-6-21-12(10)13(18)16-11/h4,6,9H,2-3,5,7-8H2,1H3,(H,15,16,18)/t9-/m0/s1. The molecule has 0 saturated carbocycles. The van der Waals surface area contributed by atoms with E-state index in [1.165, 1.54) is 18.4 Å². The van der Waals surface area contributed by atoms with Crippen molar-refractivity contribution in [2.75, 3.05) is 20.2 Å². The highest BCUT2D eigenvalue weighted by Crippen LogP contribution is 2.19. The Morgan fingerprint density at radius 2 is 2.48 bits per heavy atom. The summed E-state index contributed by atoms with van der Waals surface area (Å²) in [5.41, 5.74) is 0.645. The van der Waals surface area contributed by atoms with Gasteiger partial charge in [-0.05, 0) is 30.8 Å². The number of hydrogen-bond acceptors (Lipinski definition) is 6. The molecule has 0 aromatic carbocycles. The van der Waals surface area contributed by atoms with E-state index < -0.39 is 0 Å². The largest absolute Gasteiger partial charge is 0.469 e. The second-order valence-corrected chi connectivity index (χ2v) is 6.16. The zero-order valence-electron chi connectivity index (χ0n) is 11.8. The molecule has 21 heavy (non-hydrogen) atoms. The number of esters is 1. The third-order valence-electron chi connectivity index (χ3n) is 3.78. The van der Waals surface area contributed by atoms with Crippen molar-refractivity contribution in [3.8, 4) is 0 Å². The molecule has 0 spiro atoms. The molecule has 0 unspecified atom stereocenters. The molecule has 6 nitrogen and oxygen atoms in total. The molecular weight excluding hydrogens is 290 g/mol. The highest BCUT2D eigenvalue weighted by atomic mass is 32.1. The van der Waals surface area contributed by atoms with Crippen LogP contribution in [0.2, 0.25) is 0 Å². The second kappa shape index (κ2) is 5.95. The van der Waals surface area contributed by atoms with Crippen molar-refractivity contribution < 1.29 is 9.53 Å². The van der Waals surface area contributed by atoms with Gasteiger partial charge in [0.05, 0.1) is 25.1 Å². The van der Waals surface area contributed by atoms with Crippen LogP contribution in [0.5, 0.6) is 0 Å². The average Bonchev–Trinajstić information content (AvgIpc) is 2.95. The molecular formula is C14H17N3O3S. The van der Waals surface area contributed by atoms with Crippen molar-refractivity contribution in [1.82, 2.24) is 14.9 Å². The van der Waals surface area contributed by atoms with E-state index in [4.69, 9.17) is 4.74 Å². The first-order valence-corrected chi connectivity index (χ1v) is 7.82. The van der Waals surface area contributed by atoms with Gasteiger partial charge in [0.2, 0.25) is 0 Å². The topological polar surface area (TPSA) is 75.3 Å². The first-order valence-electron chi connectivity index (χ1n) is 6.94. The fourth-order valence-electron chi connectivity index (χ4n) is 2.77. The molecule has 0 radical (unpaired) electrons. The lowest BCUT2D eigenvalue weighted by Gasteiger charge is -2.30. The minimum Gasteiger partial charge on any atom is -0.469 e. The van der Waals surface area contributed by atoms with Crippen LogP contribution in [0.25, 0.3) is 10.2 Å². The number of piperidine rings is 1. The maximum Gasteiger partial charge on any atom is 0.309 e. The van der Waals surface area contributed by atoms with Crippen molar-refractivity contribution in [2.45, 2.75) is 19.4 Å². The van der Waals surface area contributed by atoms with Gasteiger partial charge in [-0.3, -0.25) is 14.5 Å². The molecule has 3 heterocycles. The number of nitrogens with zero attached hydrogens (tertiary/aromatic N) is 2. The van der Waals surface area contributed by atoms with E-state index in [-0.39, 0.29) is 17.4 Å². The summed E-state index contributed by atoms with van der Waals surface area (Å²) < 4.78 is 5.47. The minimum atomic E-state index is -0.158. The van der Waals surface area contributed by atoms with E-state index in [2.05, 4.69) is 14.9 Å². The summed E-state index contributed by atoms with van der Waals surface area (Å²) in [4.78, 5) is 33.0. The number of thiophene rings is 1. The molecule has 2 aromatic rings. The molecule has 112 valence electrons. The third-order valence-corrected chi connectivity index (χ3v) is 4.68. The maximum absolute atomic E-state index is 11.9. The first kappa shape index (κ1) is 14.2. The number of aromatic nitrogens is 2. The molecule has 1 fully saturated rings. The number of rotatable bonds is 3. The van der Waals surface area contributed by atoms with E-state index >= 15 is 0 Å². The van der Waals surface area contributed by atoms with Gasteiger partial charge in [-0.15, -0.1) is 11.3 Å². The molecule has 7 heteroatoms. The summed E-state index contributed by atoms with van der Waals surface area (Å²) in [6.07, 6.45) is 1.81. The Morgan fingerprint density at radius 1 is 1.62 bits per heavy atom. The SMILES string of the molecule is COC(=O)[C@H]1CCCN(Cc2nc3ccsc3c(=O)[nH]2)C1. The Hall–Kier alpha value is -1.73. The molecule has 2 aromatic heterocycles. The van der Waals surface area contributed by atoms with Gasteiger partial charge in [0.25, 0.3) is 5.56 Å². The van der Waals surface area contributed by atoms with E-state index in [9.17, 15) is 9.59 Å². The zero-order chi connectivity index (χ0) is 14.8. The Balaban J connectivity index is 1.75. The van der Waals surface area contributed by atoms with Crippen LogP contribution in [0, 0.1) is 5.92 Å². The minimum absolute atomic E-state index is 0.0830. The van der Waals surface area contributed by atoms with Crippen LogP contribution in [0.1, 0.15) is 18.7 Å². The van der Waals surface area contributed by atoms with Gasteiger partial charge in [0.15, 0.2) is 0 Å². The molecule has 1 N–H and O–H groups in total. The molecule has 1 saturated heterocycles. The number of likely N-dealkylation sites (tertiary alicyclic amines) is 1. The van der Waals surface area contributed by atoms with Crippen LogP contribution in [0.4, 0.5) is 0 Å². The van der Waals surface area contributed by atoms with Crippen molar-refractivity contribution in [2.24, 2.45) is 5.92 Å². The van der Waals surface area contributed by atoms with Crippen molar-refractivity contribution in [3.63, 3.8) is 0 Å². The molecule has 1 aliphatic rings. The number of nitrogens with one attached hydrogen (secondary N) is 1. The molecule has 0 aliphatic carbocycles. The number of carbonyl (C=O) groups is 1. The molecule has 0 amide bonds. The predicted molar refractivity (Wildman–Crippen MR) is 80.3 cm³/mol. The average molecular weight is 307 g/mol. The van der Waals surface area contributed by atoms with E-state index in [0.29, 0.717) is 23.6 Å². The van der Waals surface area contributed by atoms with Gasteiger partial charge in [0, 0.05) is 6.54 Å². The van der Waals surface area contributed by atoms with Gasteiger partial charge in [-0.1, -0.05) is 0 Å². The van der Waals surface area contributed by atoms with Crippen LogP contribution in [0.15, 0.2) is 16.2 Å². The Morgan fingerprint density at radius 3 is 3.29 bits per heavy atom. The predicted octanol–water partition coefficient (Wildman–Crippen LogP) is 1.37. The zero-order valence-corrected chi connectivity index (χ0v) is 12.6. The van der Waals surface area contributed by atoms with E-state index in [0.717, 1.165) is 24.9 Å². The fourth-order valence-corrected chi connectivity index (χ4v) is 3.49. The highest BCUT2D eigenvalue weighted by Gasteiger charge is 2.26. The monoisotopic (exact) mass is 307 g/mol. The van der Waals surface area contributed by atoms with Crippen LogP contribution < -0.4 is 5.56 Å². The van der Waals surface area contributed by atoms with Crippen molar-refractivity contribution >= 4 is 27.5 Å². The quantitative estimate of drug-likeness (QED) is 0.867. The fraction of sp³-hybridized carbons (Fsp3) is 0.500. The number of H-pyrrole nitrogens is 1. The summed E-state index contributed by atoms with van der Waals surface area (Å²) in [5.74, 6) is 0.409. The van der Waals surface area contributed by atoms with Crippen molar-refractivity contribution in [3.05, 3.63) is 27.6 Å². The number of carbonyl (C=O) groups excluding carboxylic acids is 1. The Labute approximate surface area is 125 Å². The molecule has 0 bridgehead atoms. The summed E-state index contributed by atoms with van der Waals surface area (Å²) in [7, 11) is 1.42. The van der Waals surface area contributed by atoms with Crippen LogP contribution >= 0.6 is 11.3 Å². The third kappa shape index (κ3) is 2.98. The van der Waals surface area contributed by atoms with Crippen LogP contribution in [-0.2, 0) is 16.1 Å². The van der Waals surface area contributed by atoms with Gasteiger partial charge in [-0.2, -0.15) is 0 Å². The Bertz CT molecular complexity index is 709. The van der Waals surface area contributed by atoms with Crippen LogP contribution in [0.3, 0.4) is 0 Å². The van der Waals surface area contributed by atoms with Crippen molar-refractivity contribution in [1.29, 1.82) is 0 Å². The van der Waals surface area contributed by atoms with Gasteiger partial charge < -0.3 is 9.72 Å². The molecule has 3 rings (SSSR count). The number of fused-ring (bicyclic) bond motifs is 1. The highest BCUT2D eigenvalue weighted by molar-refractivity contribution is 7.17. The Kier molecular flexibility index (Phi) is 4.03. The van der Waals surface area contributed by atoms with Gasteiger partial charge in [-0.25, -0.2) is 4.98 Å². The smallest absolute Gasteiger partial charge is 0.309 e. The van der Waals surface area contributed by atoms with Gasteiger partial charge in [0.1, 0.15) is 10.5 Å². The number of aromatic amines is 1. The molecule has 1 atom stereocenters. The van der Waals surface area contributed by atoms with E-state index in [1.807, 2.05) is 11.4 Å². The lowest BCUT2D eigenvalue weighted by atomic mass is 9.98. The van der Waals surface area contributed by atoms with Crippen LogP contribution in [-0.4, -0.2) is 41.0 Å². The number of hydrogen-bond donors (Lipinski definition) is 1.